The fraction of sp³-hybridized carbons (Fsp3) is 0.404. The average Bonchev–Trinajstić information content (AvgIpc) is 1.83. The minimum atomic E-state index is -1.05. The van der Waals surface area contributed by atoms with Gasteiger partial charge >= 0.3 is 41.5 Å². The van der Waals surface area contributed by atoms with Crippen LogP contribution in [0.2, 0.25) is 0 Å². The zero-order valence-corrected chi connectivity index (χ0v) is 91.6. The number of aromatic nitrogens is 2. The van der Waals surface area contributed by atoms with Crippen LogP contribution < -0.4 is 49.0 Å². The second-order valence-electron chi connectivity index (χ2n) is 44.5. The van der Waals surface area contributed by atoms with Crippen molar-refractivity contribution in [2.75, 3.05) is 6.54 Å². The number of hydrazine groups is 4. The lowest BCUT2D eigenvalue weighted by molar-refractivity contribution is 0.0284. The third-order valence-electron chi connectivity index (χ3n) is 26.9. The first kappa shape index (κ1) is 117. The molecule has 36 heteroatoms. The zero-order valence-electron chi connectivity index (χ0n) is 91.6. The van der Waals surface area contributed by atoms with Gasteiger partial charge < -0.3 is 53.3 Å². The number of ketones is 1. The van der Waals surface area contributed by atoms with E-state index >= 15 is 0 Å². The summed E-state index contributed by atoms with van der Waals surface area (Å²) >= 11 is 0. The van der Waals surface area contributed by atoms with Gasteiger partial charge in [-0.05, 0) is 282 Å². The molecule has 9 aromatic carbocycles. The lowest BCUT2D eigenvalue weighted by atomic mass is 9.78. The van der Waals surface area contributed by atoms with E-state index in [0.717, 1.165) is 67.6 Å². The molecule has 0 spiro atoms. The maximum Gasteiger partial charge on any atom is 0.491 e. The number of hydrogen-bond donors (Lipinski definition) is 9. The predicted octanol–water partition coefficient (Wildman–Crippen LogP) is 13.4. The van der Waals surface area contributed by atoms with Gasteiger partial charge in [0.05, 0.1) is 63.2 Å². The molecule has 0 radical (unpaired) electrons. The molecule has 0 saturated carbocycles. The maximum absolute atomic E-state index is 13.6. The van der Waals surface area contributed by atoms with Gasteiger partial charge in [-0.2, -0.15) is 0 Å². The molecule has 1 aromatic heterocycles. The van der Waals surface area contributed by atoms with Crippen molar-refractivity contribution in [3.63, 3.8) is 0 Å². The maximum atomic E-state index is 13.6. The van der Waals surface area contributed by atoms with E-state index in [9.17, 15) is 73.1 Å². The van der Waals surface area contributed by atoms with Crippen LogP contribution in [-0.2, 0) is 56.3 Å². The molecule has 150 heavy (non-hydrogen) atoms. The monoisotopic (exact) mass is 2040 g/mol. The van der Waals surface area contributed by atoms with Crippen LogP contribution in [0, 0.1) is 77.0 Å². The van der Waals surface area contributed by atoms with Gasteiger partial charge in [0.15, 0.2) is 5.78 Å². The molecule has 0 fully saturated rings. The highest BCUT2D eigenvalue weighted by atomic mass is 16.5. The first-order valence-electron chi connectivity index (χ1n) is 51.0. The Kier molecular flexibility index (Phi) is 38.5. The summed E-state index contributed by atoms with van der Waals surface area (Å²) in [5.41, 5.74) is 28.2. The number of benzene rings is 9. The van der Waals surface area contributed by atoms with Gasteiger partial charge in [0.25, 0.3) is 47.3 Å². The molecular formula is C114H144B5N11O20. The Hall–Kier alpha value is -13.1. The lowest BCUT2D eigenvalue weighted by Crippen LogP contribution is -2.56. The van der Waals surface area contributed by atoms with E-state index in [-0.39, 0.29) is 87.6 Å². The van der Waals surface area contributed by atoms with Crippen molar-refractivity contribution >= 4 is 122 Å². The third kappa shape index (κ3) is 29.4. The molecule has 9 N–H and O–H groups in total. The number of carbonyl (C=O) groups excluding carboxylic acids is 10. The Morgan fingerprint density at radius 1 is 0.300 bits per heavy atom. The minimum Gasteiger partial charge on any atom is -0.423 e. The van der Waals surface area contributed by atoms with E-state index in [1.807, 2.05) is 157 Å². The Morgan fingerprint density at radius 2 is 0.553 bits per heavy atom. The van der Waals surface area contributed by atoms with Gasteiger partial charge in [-0.25, -0.2) is 30.0 Å². The highest BCUT2D eigenvalue weighted by molar-refractivity contribution is 6.63. The number of amides is 9. The second kappa shape index (κ2) is 49.3. The van der Waals surface area contributed by atoms with Crippen molar-refractivity contribution < 1.29 is 96.3 Å². The van der Waals surface area contributed by atoms with Crippen molar-refractivity contribution in [1.29, 1.82) is 0 Å². The molecule has 5 aliphatic rings. The number of nitrogens with zero attached hydrogens (tertiary/aromatic N) is 7. The zero-order chi connectivity index (χ0) is 111. The molecule has 0 aliphatic carbocycles. The van der Waals surface area contributed by atoms with Crippen LogP contribution in [0.25, 0.3) is 0 Å². The summed E-state index contributed by atoms with van der Waals surface area (Å²) in [7, 11) is -5.15. The molecule has 15 rings (SSSR count). The number of carbonyl (C=O) groups is 10. The van der Waals surface area contributed by atoms with Crippen LogP contribution in [0.3, 0.4) is 0 Å². The molecule has 5 aliphatic heterocycles. The number of nitrogens with one attached hydrogen (secondary N) is 4. The summed E-state index contributed by atoms with van der Waals surface area (Å²) in [6.07, 6.45) is 2.78. The molecule has 1 unspecified atom stereocenters. The molecule has 9 amide bonds. The highest BCUT2D eigenvalue weighted by Crippen LogP contribution is 2.35. The predicted molar refractivity (Wildman–Crippen MR) is 584 cm³/mol. The smallest absolute Gasteiger partial charge is 0.423 e. The second-order valence-corrected chi connectivity index (χ2v) is 44.5. The molecule has 4 atom stereocenters. The normalized spacial score (nSPS) is 14.1. The van der Waals surface area contributed by atoms with Crippen LogP contribution in [0.5, 0.6) is 0 Å². The minimum absolute atomic E-state index is 0.0165. The Labute approximate surface area is 883 Å². The van der Waals surface area contributed by atoms with E-state index in [1.165, 1.54) is 20.0 Å². The fourth-order valence-corrected chi connectivity index (χ4v) is 19.6. The summed E-state index contributed by atoms with van der Waals surface area (Å²) < 4.78 is 26.0. The van der Waals surface area contributed by atoms with Crippen LogP contribution in [0.4, 0.5) is 0 Å². The van der Waals surface area contributed by atoms with Gasteiger partial charge in [-0.1, -0.05) is 223 Å². The van der Waals surface area contributed by atoms with Gasteiger partial charge in [0.1, 0.15) is 0 Å². The van der Waals surface area contributed by atoms with E-state index in [1.54, 1.807) is 155 Å². The first-order valence-corrected chi connectivity index (χ1v) is 51.0. The highest BCUT2D eigenvalue weighted by Gasteiger charge is 2.43. The van der Waals surface area contributed by atoms with Gasteiger partial charge in [0.2, 0.25) is 5.82 Å². The Balaban J connectivity index is 0.000000178. The summed E-state index contributed by atoms with van der Waals surface area (Å²) in [5.74, 6) is -3.20. The Morgan fingerprint density at radius 3 is 0.820 bits per heavy atom. The standard InChI is InChI=1S/C25H32BNO4.2C24H31BN2O4.C22H27BN2O4.C19H23BN4O4/c1-7-23(25(4,5)6)27(24(29)20-11-16(2)10-17(3)12-20)14-22(28)18-8-9-19-15-31-26(30)21(19)13-18;2*1-7-21(24(4,5)6)27(23(29)19-11-15(2)10-16(3)12-19)26-22(28)17-8-9-18-14-31-25(30)20(18)13-17;1-5-19(22(2,3)4)25(21(27)15-9-7-6-8-10-15)24-20(26)16-11-12-17-14-29-23(28)18(17)13-16;1-11-8-12(2)22-16(21-11)18(26)24(19(3,4)5)23-17(25)13-6-7-14-10-28-20(27)15(14)9-13/h8-13,23,30H,7,14-15H2,1-6H3;2*8-13,21,30H,7,14H2,1-6H3,(H,26,28);6-13,19,28H,5,14H2,1-4H3,(H,24,26);6-9,27H,10H2,1-5H3,(H,23,25)/t;2*21-;19-;/m.100./s1. The Bertz CT molecular complexity index is 6190. The van der Waals surface area contributed by atoms with Crippen molar-refractivity contribution in [2.24, 2.45) is 21.7 Å². The lowest BCUT2D eigenvalue weighted by Gasteiger charge is -2.39. The quantitative estimate of drug-likeness (QED) is 0.0194. The molecule has 0 bridgehead atoms. The van der Waals surface area contributed by atoms with Crippen LogP contribution >= 0.6 is 0 Å². The van der Waals surface area contributed by atoms with Gasteiger partial charge in [-0.3, -0.25) is 69.6 Å². The molecule has 31 nitrogen and oxygen atoms in total. The van der Waals surface area contributed by atoms with E-state index in [2.05, 4.69) is 94.0 Å². The SMILES string of the molecule is CCC(N(CC(=O)c1ccc2c(c1)B(O)OC2)C(=O)c1cc(C)cc(C)c1)C(C)(C)C.CC[C@@H](N(NC(=O)c1ccc2c(c1)B(O)OC2)C(=O)c1cc(C)cc(C)c1)C(C)(C)C.CC[C@H](N(NC(=O)c1ccc2c(c1)B(O)OC2)C(=O)c1cc(C)cc(C)c1)C(C)(C)C.CC[C@H](N(NC(=O)c1ccc2c(c1)B(O)OC2)C(=O)c1ccccc1)C(C)(C)C.Cc1cc(C)nc(C(=O)N(NC(=O)c2ccc3c(c2)B(O)OC3)C(C)(C)C)n1. The molecule has 790 valence electrons. The summed E-state index contributed by atoms with van der Waals surface area (Å²) in [5, 5.41) is 55.3. The number of rotatable bonds is 20. The molecule has 10 aromatic rings. The first-order chi connectivity index (χ1) is 70.3. The molecule has 0 saturated heterocycles. The third-order valence-corrected chi connectivity index (χ3v) is 26.9. The number of fused-ring (bicyclic) bond motifs is 5. The van der Waals surface area contributed by atoms with E-state index in [0.29, 0.717) is 141 Å². The molecular weight excluding hydrogens is 1900 g/mol. The van der Waals surface area contributed by atoms with Crippen molar-refractivity contribution in [3.8, 4) is 0 Å². The van der Waals surface area contributed by atoms with Crippen LogP contribution in [0.15, 0.2) is 182 Å². The van der Waals surface area contributed by atoms with E-state index in [4.69, 9.17) is 23.3 Å². The van der Waals surface area contributed by atoms with Crippen molar-refractivity contribution in [1.82, 2.24) is 56.6 Å². The van der Waals surface area contributed by atoms with Crippen molar-refractivity contribution in [2.45, 2.75) is 275 Å². The van der Waals surface area contributed by atoms with Crippen molar-refractivity contribution in [3.05, 3.63) is 310 Å². The largest absolute Gasteiger partial charge is 0.491 e. The number of Topliss-reactive ketones (excluding diaryl/α,β-unsaturated/α-hetero) is 1. The van der Waals surface area contributed by atoms with Crippen LogP contribution in [0.1, 0.15) is 334 Å². The summed E-state index contributed by atoms with van der Waals surface area (Å²) in [4.78, 5) is 143. The van der Waals surface area contributed by atoms with Gasteiger partial charge in [0, 0.05) is 67.5 Å². The molecule has 6 heterocycles. The average molecular weight is 2040 g/mol. The van der Waals surface area contributed by atoms with E-state index < -0.39 is 70.7 Å². The van der Waals surface area contributed by atoms with Gasteiger partial charge in [-0.15, -0.1) is 0 Å². The number of hydrogen-bond acceptors (Lipinski definition) is 22. The number of aryl methyl sites for hydroxylation is 8. The fourth-order valence-electron chi connectivity index (χ4n) is 19.6. The van der Waals surface area contributed by atoms with Crippen LogP contribution in [-0.4, -0.2) is 191 Å². The summed E-state index contributed by atoms with van der Waals surface area (Å²) in [6, 6.07) is 52.6. The topological polar surface area (TPSA) is 408 Å². The summed E-state index contributed by atoms with van der Waals surface area (Å²) in [6.45, 7) is 55.1.